The van der Waals surface area contributed by atoms with Gasteiger partial charge in [0.25, 0.3) is 0 Å². The van der Waals surface area contributed by atoms with E-state index in [1.165, 1.54) is 0 Å². The summed E-state index contributed by atoms with van der Waals surface area (Å²) in [6.45, 7) is 4.29. The predicted molar refractivity (Wildman–Crippen MR) is 98.8 cm³/mol. The summed E-state index contributed by atoms with van der Waals surface area (Å²) in [7, 11) is -3.06. The maximum atomic E-state index is 12.1. The van der Waals surface area contributed by atoms with Gasteiger partial charge in [0.15, 0.2) is 9.84 Å². The minimum Gasteiger partial charge on any atom is -0.439 e. The second kappa shape index (κ2) is 7.45. The van der Waals surface area contributed by atoms with Crippen LogP contribution in [0.4, 0.5) is 0 Å². The molecule has 26 heavy (non-hydrogen) atoms. The Morgan fingerprint density at radius 1 is 1.27 bits per heavy atom. The number of aryl methyl sites for hydroxylation is 2. The van der Waals surface area contributed by atoms with Crippen LogP contribution in [0.3, 0.4) is 0 Å². The van der Waals surface area contributed by atoms with Crippen LogP contribution in [0.15, 0.2) is 36.5 Å². The van der Waals surface area contributed by atoms with Crippen LogP contribution in [0.25, 0.3) is 0 Å². The molecule has 138 valence electrons. The van der Waals surface area contributed by atoms with Crippen molar-refractivity contribution in [2.45, 2.75) is 26.8 Å². The summed E-state index contributed by atoms with van der Waals surface area (Å²) in [6, 6.07) is 9.57. The molecule has 0 aliphatic carbocycles. The van der Waals surface area contributed by atoms with Gasteiger partial charge < -0.3 is 10.1 Å². The molecule has 2 heterocycles. The lowest BCUT2D eigenvalue weighted by Gasteiger charge is -2.11. The molecule has 0 spiro atoms. The monoisotopic (exact) mass is 374 g/mol. The topological polar surface area (TPSA) is 85.4 Å². The number of carbonyl (C=O) groups excluding carboxylic acids is 1. The molecule has 0 saturated carbocycles. The Morgan fingerprint density at radius 3 is 2.73 bits per heavy atom. The fraction of sp³-hybridized carbons (Fsp3) is 0.368. The van der Waals surface area contributed by atoms with Crippen molar-refractivity contribution in [3.63, 3.8) is 0 Å². The highest BCUT2D eigenvalue weighted by Gasteiger charge is 2.32. The van der Waals surface area contributed by atoms with E-state index < -0.39 is 15.8 Å². The smallest absolute Gasteiger partial charge is 0.224 e. The molecule has 1 amide bonds. The van der Waals surface area contributed by atoms with E-state index >= 15 is 0 Å². The number of nitrogens with zero attached hydrogens (tertiary/aromatic N) is 1. The van der Waals surface area contributed by atoms with Gasteiger partial charge in [-0.05, 0) is 43.0 Å². The van der Waals surface area contributed by atoms with E-state index in [1.54, 1.807) is 12.3 Å². The number of hydrogen-bond donors (Lipinski definition) is 1. The number of aromatic nitrogens is 1. The molecule has 0 unspecified atom stereocenters. The number of benzene rings is 1. The fourth-order valence-electron chi connectivity index (χ4n) is 2.84. The second-order valence-corrected chi connectivity index (χ2v) is 8.92. The third kappa shape index (κ3) is 4.60. The van der Waals surface area contributed by atoms with Crippen molar-refractivity contribution in [2.75, 3.05) is 11.5 Å². The SMILES string of the molecule is Cc1ccc(C)c(Oc2ccc(CNC(=O)[C@@H]3CCS(=O)(=O)C3)cn2)c1. The van der Waals surface area contributed by atoms with E-state index in [0.29, 0.717) is 18.8 Å². The number of pyridine rings is 1. The molecule has 0 bridgehead atoms. The molecule has 1 aliphatic heterocycles. The van der Waals surface area contributed by atoms with Crippen LogP contribution in [0.5, 0.6) is 11.6 Å². The van der Waals surface area contributed by atoms with Crippen molar-refractivity contribution in [1.29, 1.82) is 0 Å². The average Bonchev–Trinajstić information content (AvgIpc) is 2.97. The predicted octanol–water partition coefficient (Wildman–Crippen LogP) is 2.54. The summed E-state index contributed by atoms with van der Waals surface area (Å²) in [4.78, 5) is 16.3. The van der Waals surface area contributed by atoms with Gasteiger partial charge in [-0.1, -0.05) is 18.2 Å². The van der Waals surface area contributed by atoms with E-state index in [-0.39, 0.29) is 17.4 Å². The molecule has 2 aromatic rings. The Labute approximate surface area is 153 Å². The molecular weight excluding hydrogens is 352 g/mol. The average molecular weight is 374 g/mol. The molecule has 0 radical (unpaired) electrons. The Kier molecular flexibility index (Phi) is 5.27. The van der Waals surface area contributed by atoms with Crippen LogP contribution >= 0.6 is 0 Å². The quantitative estimate of drug-likeness (QED) is 0.869. The van der Waals surface area contributed by atoms with Gasteiger partial charge in [-0.25, -0.2) is 13.4 Å². The Hall–Kier alpha value is -2.41. The standard InChI is InChI=1S/C19H22N2O4S/c1-13-3-4-14(2)17(9-13)25-18-6-5-15(10-20-18)11-21-19(22)16-7-8-26(23,24)12-16/h3-6,9-10,16H,7-8,11-12H2,1-2H3,(H,21,22)/t16-/m1/s1. The molecule has 1 aromatic heterocycles. The number of nitrogens with one attached hydrogen (secondary N) is 1. The fourth-order valence-corrected chi connectivity index (χ4v) is 4.58. The summed E-state index contributed by atoms with van der Waals surface area (Å²) in [6.07, 6.45) is 2.04. The van der Waals surface area contributed by atoms with E-state index in [9.17, 15) is 13.2 Å². The number of hydrogen-bond acceptors (Lipinski definition) is 5. The number of sulfone groups is 1. The second-order valence-electron chi connectivity index (χ2n) is 6.69. The lowest BCUT2D eigenvalue weighted by Crippen LogP contribution is -2.30. The van der Waals surface area contributed by atoms with Crippen LogP contribution < -0.4 is 10.1 Å². The Balaban J connectivity index is 1.56. The normalized spacial score (nSPS) is 18.5. The summed E-state index contributed by atoms with van der Waals surface area (Å²) < 4.78 is 28.7. The van der Waals surface area contributed by atoms with Crippen LogP contribution in [-0.2, 0) is 21.2 Å². The van der Waals surface area contributed by atoms with Crippen molar-refractivity contribution < 1.29 is 17.9 Å². The van der Waals surface area contributed by atoms with E-state index in [4.69, 9.17) is 4.74 Å². The maximum Gasteiger partial charge on any atom is 0.224 e. The molecule has 1 fully saturated rings. The van der Waals surface area contributed by atoms with Gasteiger partial charge in [0.2, 0.25) is 11.8 Å². The van der Waals surface area contributed by atoms with E-state index in [2.05, 4.69) is 10.3 Å². The molecule has 7 heteroatoms. The first-order chi connectivity index (χ1) is 12.3. The minimum absolute atomic E-state index is 0.0558. The van der Waals surface area contributed by atoms with Crippen molar-refractivity contribution >= 4 is 15.7 Å². The summed E-state index contributed by atoms with van der Waals surface area (Å²) in [5, 5.41) is 2.78. The van der Waals surface area contributed by atoms with Crippen molar-refractivity contribution in [2.24, 2.45) is 5.92 Å². The van der Waals surface area contributed by atoms with Crippen LogP contribution in [0, 0.1) is 19.8 Å². The molecule has 1 N–H and O–H groups in total. The van der Waals surface area contributed by atoms with Gasteiger partial charge in [-0.15, -0.1) is 0 Å². The van der Waals surface area contributed by atoms with Gasteiger partial charge in [-0.3, -0.25) is 4.79 Å². The summed E-state index contributed by atoms with van der Waals surface area (Å²) in [5.41, 5.74) is 2.96. The van der Waals surface area contributed by atoms with Crippen LogP contribution in [0.1, 0.15) is 23.1 Å². The molecule has 6 nitrogen and oxygen atoms in total. The summed E-state index contributed by atoms with van der Waals surface area (Å²) >= 11 is 0. The third-order valence-electron chi connectivity index (χ3n) is 4.43. The van der Waals surface area contributed by atoms with Gasteiger partial charge in [0.05, 0.1) is 17.4 Å². The minimum atomic E-state index is -3.06. The third-order valence-corrected chi connectivity index (χ3v) is 6.19. The Morgan fingerprint density at radius 2 is 2.08 bits per heavy atom. The maximum absolute atomic E-state index is 12.1. The van der Waals surface area contributed by atoms with Gasteiger partial charge >= 0.3 is 0 Å². The first-order valence-corrected chi connectivity index (χ1v) is 10.3. The number of amides is 1. The lowest BCUT2D eigenvalue weighted by atomic mass is 10.1. The van der Waals surface area contributed by atoms with Crippen LogP contribution in [-0.4, -0.2) is 30.8 Å². The van der Waals surface area contributed by atoms with Crippen molar-refractivity contribution in [3.8, 4) is 11.6 Å². The van der Waals surface area contributed by atoms with Gasteiger partial charge in [-0.2, -0.15) is 0 Å². The molecular formula is C19H22N2O4S. The summed E-state index contributed by atoms with van der Waals surface area (Å²) in [5.74, 6) is 0.620. The molecule has 3 rings (SSSR count). The Bertz CT molecular complexity index is 908. The zero-order valence-electron chi connectivity index (χ0n) is 14.9. The first-order valence-electron chi connectivity index (χ1n) is 8.50. The molecule has 1 aliphatic rings. The largest absolute Gasteiger partial charge is 0.439 e. The van der Waals surface area contributed by atoms with E-state index in [1.807, 2.05) is 38.1 Å². The zero-order valence-corrected chi connectivity index (χ0v) is 15.7. The molecule has 1 saturated heterocycles. The molecule has 1 atom stereocenters. The number of carbonyl (C=O) groups is 1. The first kappa shape index (κ1) is 18.4. The van der Waals surface area contributed by atoms with Gasteiger partial charge in [0.1, 0.15) is 5.75 Å². The molecule has 1 aromatic carbocycles. The van der Waals surface area contributed by atoms with Gasteiger partial charge in [0, 0.05) is 18.8 Å². The van der Waals surface area contributed by atoms with Crippen molar-refractivity contribution in [1.82, 2.24) is 10.3 Å². The van der Waals surface area contributed by atoms with E-state index in [0.717, 1.165) is 22.4 Å². The van der Waals surface area contributed by atoms with Crippen molar-refractivity contribution in [3.05, 3.63) is 53.2 Å². The highest BCUT2D eigenvalue weighted by atomic mass is 32.2. The highest BCUT2D eigenvalue weighted by Crippen LogP contribution is 2.24. The number of rotatable bonds is 5. The lowest BCUT2D eigenvalue weighted by molar-refractivity contribution is -0.124. The number of ether oxygens (including phenoxy) is 1. The van der Waals surface area contributed by atoms with Crippen LogP contribution in [0.2, 0.25) is 0 Å². The highest BCUT2D eigenvalue weighted by molar-refractivity contribution is 7.91. The zero-order chi connectivity index (χ0) is 18.7.